The number of carbonyl (C=O) groups excluding carboxylic acids is 4. The second-order valence-electron chi connectivity index (χ2n) is 8.89. The highest BCUT2D eigenvalue weighted by molar-refractivity contribution is 5.97. The van der Waals surface area contributed by atoms with Gasteiger partial charge in [0, 0.05) is 29.9 Å². The summed E-state index contributed by atoms with van der Waals surface area (Å²) in [4.78, 5) is 86.5. The summed E-state index contributed by atoms with van der Waals surface area (Å²) in [6.45, 7) is 0. The van der Waals surface area contributed by atoms with Crippen molar-refractivity contribution in [2.24, 2.45) is 11.5 Å². The summed E-state index contributed by atoms with van der Waals surface area (Å²) in [7, 11) is 0. The molecule has 4 atom stereocenters. The molecule has 0 saturated carbocycles. The number of carboxylic acid groups (broad SMARTS) is 3. The summed E-state index contributed by atoms with van der Waals surface area (Å²) in [5.41, 5.74) is 11.9. The fourth-order valence-corrected chi connectivity index (χ4v) is 3.77. The summed E-state index contributed by atoms with van der Waals surface area (Å²) in [5, 5.41) is 34.9. The first-order chi connectivity index (χ1) is 18.8. The molecule has 16 heteroatoms. The summed E-state index contributed by atoms with van der Waals surface area (Å²) in [6.07, 6.45) is -1.18. The first kappa shape index (κ1) is 31.2. The number of aromatic amines is 1. The van der Waals surface area contributed by atoms with E-state index in [4.69, 9.17) is 21.7 Å². The highest BCUT2D eigenvalue weighted by Crippen LogP contribution is 2.19. The zero-order valence-corrected chi connectivity index (χ0v) is 21.1. The molecule has 0 fully saturated rings. The van der Waals surface area contributed by atoms with Gasteiger partial charge in [-0.2, -0.15) is 0 Å². The predicted octanol–water partition coefficient (Wildman–Crippen LogP) is -2.21. The van der Waals surface area contributed by atoms with Crippen molar-refractivity contribution in [3.05, 3.63) is 36.0 Å². The Hall–Kier alpha value is -4.99. The van der Waals surface area contributed by atoms with Crippen molar-refractivity contribution < 1.29 is 48.9 Å². The van der Waals surface area contributed by atoms with Gasteiger partial charge in [0.2, 0.25) is 23.6 Å². The van der Waals surface area contributed by atoms with Crippen molar-refractivity contribution in [1.29, 1.82) is 0 Å². The maximum atomic E-state index is 13.0. The van der Waals surface area contributed by atoms with Crippen LogP contribution in [0.4, 0.5) is 0 Å². The number of amides is 4. The number of H-pyrrole nitrogens is 1. The number of nitrogens with one attached hydrogen (secondary N) is 4. The highest BCUT2D eigenvalue weighted by atomic mass is 16.4. The molecule has 0 aliphatic carbocycles. The number of hydrogen-bond donors (Lipinski definition) is 9. The van der Waals surface area contributed by atoms with Crippen LogP contribution in [0.5, 0.6) is 0 Å². The number of aliphatic carboxylic acids is 3. The van der Waals surface area contributed by atoms with Gasteiger partial charge in [0.15, 0.2) is 0 Å². The molecule has 0 aliphatic rings. The fourth-order valence-electron chi connectivity index (χ4n) is 3.77. The van der Waals surface area contributed by atoms with Crippen LogP contribution in [0.15, 0.2) is 30.5 Å². The molecule has 2 aromatic rings. The summed E-state index contributed by atoms with van der Waals surface area (Å²) in [5.74, 6) is -8.42. The van der Waals surface area contributed by atoms with Crippen molar-refractivity contribution in [2.75, 3.05) is 0 Å². The number of benzene rings is 1. The molecule has 40 heavy (non-hydrogen) atoms. The molecule has 216 valence electrons. The second kappa shape index (κ2) is 14.2. The number of rotatable bonds is 16. The van der Waals surface area contributed by atoms with E-state index < -0.39 is 91.4 Å². The predicted molar refractivity (Wildman–Crippen MR) is 136 cm³/mol. The quantitative estimate of drug-likeness (QED) is 0.106. The monoisotopic (exact) mass is 562 g/mol. The molecule has 0 spiro atoms. The molecular weight excluding hydrogens is 532 g/mol. The molecule has 0 radical (unpaired) electrons. The first-order valence-electron chi connectivity index (χ1n) is 11.9. The Labute approximate surface area is 226 Å². The topological polar surface area (TPSA) is 284 Å². The molecule has 1 heterocycles. The Morgan fingerprint density at radius 3 is 2.00 bits per heavy atom. The molecule has 1 aromatic carbocycles. The highest BCUT2D eigenvalue weighted by Gasteiger charge is 2.32. The second-order valence-corrected chi connectivity index (χ2v) is 8.89. The third kappa shape index (κ3) is 9.39. The van der Waals surface area contributed by atoms with Crippen LogP contribution in [0.2, 0.25) is 0 Å². The number of nitrogens with two attached hydrogens (primary N) is 2. The third-order valence-corrected chi connectivity index (χ3v) is 5.76. The Morgan fingerprint density at radius 2 is 1.40 bits per heavy atom. The first-order valence-corrected chi connectivity index (χ1v) is 11.9. The average molecular weight is 563 g/mol. The van der Waals surface area contributed by atoms with Gasteiger partial charge in [-0.15, -0.1) is 0 Å². The van der Waals surface area contributed by atoms with E-state index in [9.17, 15) is 38.7 Å². The van der Waals surface area contributed by atoms with Crippen LogP contribution in [0, 0.1) is 0 Å². The number of para-hydroxylation sites is 1. The Morgan fingerprint density at radius 1 is 0.800 bits per heavy atom. The van der Waals surface area contributed by atoms with Crippen molar-refractivity contribution >= 4 is 52.4 Å². The number of carboxylic acids is 3. The van der Waals surface area contributed by atoms with Gasteiger partial charge in [0.05, 0.1) is 18.9 Å². The minimum atomic E-state index is -1.69. The smallest absolute Gasteiger partial charge is 0.326 e. The molecule has 0 bridgehead atoms. The molecule has 1 aromatic heterocycles. The molecule has 11 N–H and O–H groups in total. The number of primary amides is 1. The van der Waals surface area contributed by atoms with Crippen LogP contribution in [-0.2, 0) is 40.0 Å². The minimum absolute atomic E-state index is 0.146. The standard InChI is InChI=1S/C24H30N6O10/c25-13(8-20(34)35)21(36)29-16(9-18(26)31)23(38)28-15(5-6-19(32)33)22(37)30-17(24(39)40)7-11-10-27-14-4-2-1-3-12(11)14/h1-4,10,13,15-17,27H,5-9,25H2,(H2,26,31)(H,28,38)(H,29,36)(H,30,37)(H,32,33)(H,34,35)(H,39,40). The van der Waals surface area contributed by atoms with Crippen LogP contribution >= 0.6 is 0 Å². The Bertz CT molecular complexity index is 1290. The zero-order chi connectivity index (χ0) is 30.0. The molecule has 0 saturated heterocycles. The number of carbonyl (C=O) groups is 7. The van der Waals surface area contributed by atoms with E-state index in [2.05, 4.69) is 20.9 Å². The van der Waals surface area contributed by atoms with Gasteiger partial charge in [0.25, 0.3) is 0 Å². The molecule has 16 nitrogen and oxygen atoms in total. The molecular formula is C24H30N6O10. The van der Waals surface area contributed by atoms with E-state index in [-0.39, 0.29) is 6.42 Å². The lowest BCUT2D eigenvalue weighted by Gasteiger charge is -2.24. The number of aromatic nitrogens is 1. The zero-order valence-electron chi connectivity index (χ0n) is 21.1. The van der Waals surface area contributed by atoms with Gasteiger partial charge in [-0.05, 0) is 18.1 Å². The van der Waals surface area contributed by atoms with Crippen molar-refractivity contribution in [3.8, 4) is 0 Å². The van der Waals surface area contributed by atoms with E-state index >= 15 is 0 Å². The summed E-state index contributed by atoms with van der Waals surface area (Å²) >= 11 is 0. The maximum absolute atomic E-state index is 13.0. The van der Waals surface area contributed by atoms with E-state index in [0.717, 1.165) is 10.9 Å². The Balaban J connectivity index is 2.21. The van der Waals surface area contributed by atoms with Crippen molar-refractivity contribution in [2.45, 2.75) is 56.3 Å². The number of hydrogen-bond acceptors (Lipinski definition) is 8. The molecule has 0 aliphatic heterocycles. The Kier molecular flexibility index (Phi) is 11.1. The van der Waals surface area contributed by atoms with Gasteiger partial charge in [-0.1, -0.05) is 18.2 Å². The van der Waals surface area contributed by atoms with Crippen LogP contribution in [0.1, 0.15) is 31.2 Å². The number of fused-ring (bicyclic) bond motifs is 1. The van der Waals surface area contributed by atoms with E-state index in [0.29, 0.717) is 5.56 Å². The van der Waals surface area contributed by atoms with Gasteiger partial charge in [0.1, 0.15) is 18.1 Å². The van der Waals surface area contributed by atoms with Crippen LogP contribution in [-0.4, -0.2) is 86.0 Å². The molecule has 4 unspecified atom stereocenters. The normalized spacial score (nSPS) is 13.8. The minimum Gasteiger partial charge on any atom is -0.481 e. The molecule has 2 rings (SSSR count). The lowest BCUT2D eigenvalue weighted by Crippen LogP contribution is -2.58. The lowest BCUT2D eigenvalue weighted by atomic mass is 10.0. The SMILES string of the molecule is NC(=O)CC(NC(=O)C(N)CC(=O)O)C(=O)NC(CCC(=O)O)C(=O)NC(Cc1c[nH]c2ccccc12)C(=O)O. The van der Waals surface area contributed by atoms with Gasteiger partial charge in [-0.3, -0.25) is 28.8 Å². The van der Waals surface area contributed by atoms with E-state index in [1.54, 1.807) is 30.5 Å². The third-order valence-electron chi connectivity index (χ3n) is 5.76. The largest absolute Gasteiger partial charge is 0.481 e. The lowest BCUT2D eigenvalue weighted by molar-refractivity contribution is -0.143. The maximum Gasteiger partial charge on any atom is 0.326 e. The summed E-state index contributed by atoms with van der Waals surface area (Å²) < 4.78 is 0. The van der Waals surface area contributed by atoms with Gasteiger partial charge >= 0.3 is 17.9 Å². The van der Waals surface area contributed by atoms with Gasteiger partial charge in [-0.25, -0.2) is 4.79 Å². The van der Waals surface area contributed by atoms with Gasteiger partial charge < -0.3 is 47.7 Å². The van der Waals surface area contributed by atoms with Crippen LogP contribution in [0.3, 0.4) is 0 Å². The fraction of sp³-hybridized carbons (Fsp3) is 0.375. The molecule has 4 amide bonds. The van der Waals surface area contributed by atoms with Crippen molar-refractivity contribution in [1.82, 2.24) is 20.9 Å². The van der Waals surface area contributed by atoms with Crippen LogP contribution < -0.4 is 27.4 Å². The van der Waals surface area contributed by atoms with Crippen molar-refractivity contribution in [3.63, 3.8) is 0 Å². The average Bonchev–Trinajstić information content (AvgIpc) is 3.27. The summed E-state index contributed by atoms with van der Waals surface area (Å²) in [6, 6.07) is 0.746. The van der Waals surface area contributed by atoms with E-state index in [1.165, 1.54) is 0 Å². The van der Waals surface area contributed by atoms with E-state index in [1.807, 2.05) is 0 Å². The van der Waals surface area contributed by atoms with Crippen LogP contribution in [0.25, 0.3) is 10.9 Å².